The largest absolute Gasteiger partial charge is 0.380 e. The Hall–Kier alpha value is -0.940. The third-order valence-electron chi connectivity index (χ3n) is 1.91. The number of ether oxygens (including phenoxy) is 1. The Balaban J connectivity index is 2.55. The third kappa shape index (κ3) is 3.90. The first-order valence-corrected chi connectivity index (χ1v) is 5.75. The average molecular weight is 290 g/mol. The van der Waals surface area contributed by atoms with Gasteiger partial charge in [-0.05, 0) is 25.1 Å². The highest BCUT2D eigenvalue weighted by Crippen LogP contribution is 2.15. The van der Waals surface area contributed by atoms with E-state index < -0.39 is 11.7 Å². The molecule has 0 aliphatic carbocycles. The molecule has 0 unspecified atom stereocenters. The van der Waals surface area contributed by atoms with E-state index in [0.29, 0.717) is 24.2 Å². The number of nitrogens with one attached hydrogen (secondary N) is 1. The predicted octanol–water partition coefficient (Wildman–Crippen LogP) is 2.35. The predicted molar refractivity (Wildman–Crippen MR) is 62.9 cm³/mol. The van der Waals surface area contributed by atoms with Crippen LogP contribution in [0.3, 0.4) is 0 Å². The highest BCUT2D eigenvalue weighted by atomic mass is 79.9. The quantitative estimate of drug-likeness (QED) is 0.845. The van der Waals surface area contributed by atoms with Gasteiger partial charge in [-0.15, -0.1) is 0 Å². The van der Waals surface area contributed by atoms with E-state index in [1.165, 1.54) is 12.1 Å². The molecule has 5 heteroatoms. The zero-order valence-corrected chi connectivity index (χ0v) is 10.5. The van der Waals surface area contributed by atoms with Crippen molar-refractivity contribution < 1.29 is 13.9 Å². The van der Waals surface area contributed by atoms with Crippen LogP contribution in [0, 0.1) is 5.82 Å². The fourth-order valence-electron chi connectivity index (χ4n) is 1.15. The number of carbonyl (C=O) groups excluding carboxylic acids is 1. The van der Waals surface area contributed by atoms with Crippen LogP contribution in [0.5, 0.6) is 0 Å². The zero-order valence-electron chi connectivity index (χ0n) is 8.93. The van der Waals surface area contributed by atoms with E-state index in [4.69, 9.17) is 4.74 Å². The van der Waals surface area contributed by atoms with Crippen molar-refractivity contribution in [3.8, 4) is 0 Å². The number of rotatable bonds is 5. The second-order valence-corrected chi connectivity index (χ2v) is 3.99. The molecule has 0 saturated carbocycles. The molecule has 0 aliphatic rings. The smallest absolute Gasteiger partial charge is 0.254 e. The molecule has 0 heterocycles. The van der Waals surface area contributed by atoms with Gasteiger partial charge in [0, 0.05) is 17.6 Å². The van der Waals surface area contributed by atoms with Gasteiger partial charge in [-0.1, -0.05) is 15.9 Å². The first-order chi connectivity index (χ1) is 7.65. The van der Waals surface area contributed by atoms with E-state index in [2.05, 4.69) is 21.2 Å². The fourth-order valence-corrected chi connectivity index (χ4v) is 1.51. The van der Waals surface area contributed by atoms with E-state index in [1.54, 1.807) is 6.07 Å². The second kappa shape index (κ2) is 6.60. The topological polar surface area (TPSA) is 38.3 Å². The Kier molecular flexibility index (Phi) is 5.42. The molecule has 1 rings (SSSR count). The monoisotopic (exact) mass is 289 g/mol. The van der Waals surface area contributed by atoms with Gasteiger partial charge in [0.2, 0.25) is 0 Å². The van der Waals surface area contributed by atoms with Crippen LogP contribution < -0.4 is 5.32 Å². The van der Waals surface area contributed by atoms with Crippen molar-refractivity contribution in [3.05, 3.63) is 34.1 Å². The maximum atomic E-state index is 13.3. The Morgan fingerprint density at radius 2 is 2.31 bits per heavy atom. The summed E-state index contributed by atoms with van der Waals surface area (Å²) in [5.74, 6) is -0.962. The number of amides is 1. The van der Waals surface area contributed by atoms with Crippen LogP contribution in [-0.4, -0.2) is 25.7 Å². The van der Waals surface area contributed by atoms with E-state index in [1.807, 2.05) is 6.92 Å². The van der Waals surface area contributed by atoms with Gasteiger partial charge in [0.1, 0.15) is 5.82 Å². The Bertz CT molecular complexity index is 371. The molecule has 0 fully saturated rings. The number of halogens is 2. The van der Waals surface area contributed by atoms with Crippen LogP contribution in [0.4, 0.5) is 4.39 Å². The van der Waals surface area contributed by atoms with E-state index in [9.17, 15) is 9.18 Å². The minimum absolute atomic E-state index is 0.0332. The zero-order chi connectivity index (χ0) is 12.0. The molecule has 0 radical (unpaired) electrons. The highest BCUT2D eigenvalue weighted by Gasteiger charge is 2.11. The Morgan fingerprint density at radius 1 is 1.56 bits per heavy atom. The summed E-state index contributed by atoms with van der Waals surface area (Å²) in [6.07, 6.45) is 0. The van der Waals surface area contributed by atoms with Gasteiger partial charge in [0.05, 0.1) is 12.2 Å². The number of carbonyl (C=O) groups is 1. The third-order valence-corrected chi connectivity index (χ3v) is 2.40. The molecule has 0 atom stereocenters. The minimum atomic E-state index is -0.530. The first-order valence-electron chi connectivity index (χ1n) is 4.96. The average Bonchev–Trinajstić information content (AvgIpc) is 2.27. The van der Waals surface area contributed by atoms with Crippen LogP contribution in [0.15, 0.2) is 22.7 Å². The summed E-state index contributed by atoms with van der Waals surface area (Å²) >= 11 is 3.19. The van der Waals surface area contributed by atoms with Crippen molar-refractivity contribution in [1.82, 2.24) is 5.32 Å². The van der Waals surface area contributed by atoms with Gasteiger partial charge in [0.15, 0.2) is 0 Å². The molecular weight excluding hydrogens is 277 g/mol. The highest BCUT2D eigenvalue weighted by molar-refractivity contribution is 9.10. The summed E-state index contributed by atoms with van der Waals surface area (Å²) in [6.45, 7) is 3.27. The van der Waals surface area contributed by atoms with Crippen LogP contribution in [0.2, 0.25) is 0 Å². The van der Waals surface area contributed by atoms with Gasteiger partial charge in [-0.3, -0.25) is 4.79 Å². The van der Waals surface area contributed by atoms with Crippen LogP contribution >= 0.6 is 15.9 Å². The first kappa shape index (κ1) is 13.1. The number of hydrogen-bond acceptors (Lipinski definition) is 2. The lowest BCUT2D eigenvalue weighted by Crippen LogP contribution is -2.28. The molecule has 1 aromatic rings. The lowest BCUT2D eigenvalue weighted by Gasteiger charge is -2.06. The van der Waals surface area contributed by atoms with E-state index in [-0.39, 0.29) is 5.56 Å². The van der Waals surface area contributed by atoms with Crippen molar-refractivity contribution in [2.45, 2.75) is 6.92 Å². The summed E-state index contributed by atoms with van der Waals surface area (Å²) in [5.41, 5.74) is 0.0332. The molecule has 16 heavy (non-hydrogen) atoms. The van der Waals surface area contributed by atoms with Gasteiger partial charge in [-0.25, -0.2) is 4.39 Å². The molecule has 3 nitrogen and oxygen atoms in total. The normalized spacial score (nSPS) is 10.2. The van der Waals surface area contributed by atoms with Crippen LogP contribution in [-0.2, 0) is 4.74 Å². The summed E-state index contributed by atoms with van der Waals surface area (Å²) in [6, 6.07) is 4.25. The lowest BCUT2D eigenvalue weighted by molar-refractivity contribution is 0.0918. The summed E-state index contributed by atoms with van der Waals surface area (Å²) in [7, 11) is 0. The van der Waals surface area contributed by atoms with Gasteiger partial charge >= 0.3 is 0 Å². The van der Waals surface area contributed by atoms with Crippen molar-refractivity contribution in [2.75, 3.05) is 19.8 Å². The summed E-state index contributed by atoms with van der Waals surface area (Å²) < 4.78 is 19.0. The van der Waals surface area contributed by atoms with Gasteiger partial charge in [0.25, 0.3) is 5.91 Å². The van der Waals surface area contributed by atoms with Crippen molar-refractivity contribution in [2.24, 2.45) is 0 Å². The van der Waals surface area contributed by atoms with E-state index >= 15 is 0 Å². The molecule has 0 spiro atoms. The van der Waals surface area contributed by atoms with Crippen LogP contribution in [0.25, 0.3) is 0 Å². The number of benzene rings is 1. The van der Waals surface area contributed by atoms with Gasteiger partial charge < -0.3 is 10.1 Å². The molecule has 1 N–H and O–H groups in total. The molecule has 0 bridgehead atoms. The fraction of sp³-hybridized carbons (Fsp3) is 0.364. The molecule has 1 aromatic carbocycles. The summed E-state index contributed by atoms with van der Waals surface area (Å²) in [4.78, 5) is 11.6. The van der Waals surface area contributed by atoms with Crippen molar-refractivity contribution >= 4 is 21.8 Å². The Morgan fingerprint density at radius 3 is 3.00 bits per heavy atom. The molecular formula is C11H13BrFNO2. The van der Waals surface area contributed by atoms with Crippen LogP contribution in [0.1, 0.15) is 17.3 Å². The number of hydrogen-bond donors (Lipinski definition) is 1. The second-order valence-electron chi connectivity index (χ2n) is 3.08. The molecule has 1 amide bonds. The molecule has 0 aromatic heterocycles. The van der Waals surface area contributed by atoms with Crippen molar-refractivity contribution in [3.63, 3.8) is 0 Å². The molecule has 0 saturated heterocycles. The maximum Gasteiger partial charge on any atom is 0.254 e. The van der Waals surface area contributed by atoms with Gasteiger partial charge in [-0.2, -0.15) is 0 Å². The minimum Gasteiger partial charge on any atom is -0.380 e. The molecule has 0 aliphatic heterocycles. The van der Waals surface area contributed by atoms with Crippen molar-refractivity contribution in [1.29, 1.82) is 0 Å². The Labute approximate surface area is 102 Å². The maximum absolute atomic E-state index is 13.3. The van der Waals surface area contributed by atoms with E-state index in [0.717, 1.165) is 0 Å². The standard InChI is InChI=1S/C11H13BrFNO2/c1-2-16-6-5-14-11(15)9-7-8(12)3-4-10(9)13/h3-4,7H,2,5-6H2,1H3,(H,14,15). The SMILES string of the molecule is CCOCCNC(=O)c1cc(Br)ccc1F. The molecule has 88 valence electrons. The summed E-state index contributed by atoms with van der Waals surface area (Å²) in [5, 5.41) is 2.58. The lowest BCUT2D eigenvalue weighted by atomic mass is 10.2.